The van der Waals surface area contributed by atoms with E-state index in [9.17, 15) is 4.79 Å². The first-order valence-corrected chi connectivity index (χ1v) is 8.17. The Bertz CT molecular complexity index is 756. The largest absolute Gasteiger partial charge is 0.311 e. The van der Waals surface area contributed by atoms with E-state index in [2.05, 4.69) is 36.2 Å². The second kappa shape index (κ2) is 5.92. The Hall–Kier alpha value is -2.15. The highest BCUT2D eigenvalue weighted by atomic mass is 32.1. The molecule has 3 heterocycles. The van der Waals surface area contributed by atoms with Crippen molar-refractivity contribution in [3.63, 3.8) is 0 Å². The molecule has 6 nitrogen and oxygen atoms in total. The van der Waals surface area contributed by atoms with Crippen LogP contribution in [0.2, 0.25) is 0 Å². The summed E-state index contributed by atoms with van der Waals surface area (Å²) in [5, 5.41) is 9.21. The lowest BCUT2D eigenvalue weighted by molar-refractivity contribution is -0.115. The lowest BCUT2D eigenvalue weighted by Gasteiger charge is -2.19. The van der Waals surface area contributed by atoms with E-state index >= 15 is 0 Å². The van der Waals surface area contributed by atoms with E-state index in [1.807, 2.05) is 32.9 Å². The third kappa shape index (κ3) is 2.89. The van der Waals surface area contributed by atoms with Crippen LogP contribution in [-0.2, 0) is 11.2 Å². The van der Waals surface area contributed by atoms with Gasteiger partial charge >= 0.3 is 0 Å². The van der Waals surface area contributed by atoms with E-state index in [1.165, 1.54) is 0 Å². The molecule has 1 atom stereocenters. The number of hydrogen-bond donors (Lipinski definition) is 1. The topological polar surface area (TPSA) is 64.2 Å². The molecule has 0 spiro atoms. The van der Waals surface area contributed by atoms with Gasteiger partial charge in [0.2, 0.25) is 5.91 Å². The summed E-state index contributed by atoms with van der Waals surface area (Å²) in [4.78, 5) is 17.6. The maximum atomic E-state index is 12.2. The molecule has 3 aromatic heterocycles. The van der Waals surface area contributed by atoms with Crippen molar-refractivity contribution >= 4 is 28.0 Å². The van der Waals surface area contributed by atoms with Crippen LogP contribution in [-0.4, -0.2) is 25.1 Å². The van der Waals surface area contributed by atoms with Gasteiger partial charge in [-0.05, 0) is 12.8 Å². The van der Waals surface area contributed by atoms with Crippen LogP contribution in [0.1, 0.15) is 32.5 Å². The van der Waals surface area contributed by atoms with Crippen LogP contribution in [0.15, 0.2) is 30.0 Å². The maximum absolute atomic E-state index is 12.2. The highest BCUT2D eigenvalue weighted by Gasteiger charge is 2.16. The number of imidazole rings is 1. The number of aromatic nitrogens is 4. The molecule has 0 saturated heterocycles. The average molecular weight is 317 g/mol. The van der Waals surface area contributed by atoms with E-state index in [0.717, 1.165) is 16.5 Å². The van der Waals surface area contributed by atoms with Crippen molar-refractivity contribution in [1.29, 1.82) is 0 Å². The zero-order valence-corrected chi connectivity index (χ0v) is 13.7. The van der Waals surface area contributed by atoms with Crippen molar-refractivity contribution < 1.29 is 4.79 Å². The summed E-state index contributed by atoms with van der Waals surface area (Å²) in [5.74, 6) is 1.09. The summed E-state index contributed by atoms with van der Waals surface area (Å²) in [6, 6.07) is 2.05. The van der Waals surface area contributed by atoms with Gasteiger partial charge in [-0.25, -0.2) is 9.67 Å². The number of amides is 1. The van der Waals surface area contributed by atoms with Crippen molar-refractivity contribution in [2.45, 2.75) is 33.2 Å². The number of fused-ring (bicyclic) bond motifs is 1. The van der Waals surface area contributed by atoms with Crippen LogP contribution in [0.3, 0.4) is 0 Å². The molecule has 1 amide bonds. The molecular weight excluding hydrogens is 298 g/mol. The molecule has 0 aliphatic rings. The first-order valence-electron chi connectivity index (χ1n) is 7.29. The molecule has 0 saturated carbocycles. The zero-order chi connectivity index (χ0) is 15.7. The van der Waals surface area contributed by atoms with Crippen LogP contribution < -0.4 is 5.32 Å². The fourth-order valence-electron chi connectivity index (χ4n) is 2.23. The van der Waals surface area contributed by atoms with Crippen LogP contribution >= 0.6 is 11.3 Å². The third-order valence-corrected chi connectivity index (χ3v) is 4.54. The quantitative estimate of drug-likeness (QED) is 0.787. The number of nitrogens with zero attached hydrogens (tertiary/aromatic N) is 4. The Morgan fingerprint density at radius 2 is 2.23 bits per heavy atom. The number of nitrogens with one attached hydrogen (secondary N) is 1. The second-order valence-electron chi connectivity index (χ2n) is 5.70. The van der Waals surface area contributed by atoms with E-state index in [-0.39, 0.29) is 18.4 Å². The molecule has 116 valence electrons. The molecular formula is C15H19N5OS. The van der Waals surface area contributed by atoms with Crippen molar-refractivity contribution in [3.8, 4) is 0 Å². The number of hydrogen-bond acceptors (Lipinski definition) is 4. The summed E-state index contributed by atoms with van der Waals surface area (Å²) >= 11 is 1.56. The van der Waals surface area contributed by atoms with Crippen LogP contribution in [0.4, 0.5) is 5.82 Å². The second-order valence-corrected chi connectivity index (χ2v) is 6.57. The summed E-state index contributed by atoms with van der Waals surface area (Å²) < 4.78 is 3.78. The number of thiazole rings is 1. The normalized spacial score (nSPS) is 12.9. The lowest BCUT2D eigenvalue weighted by Crippen LogP contribution is -2.21. The molecule has 0 aliphatic carbocycles. The first kappa shape index (κ1) is 14.8. The van der Waals surface area contributed by atoms with Crippen LogP contribution in [0.25, 0.3) is 4.96 Å². The minimum absolute atomic E-state index is 0.0801. The van der Waals surface area contributed by atoms with Gasteiger partial charge in [0, 0.05) is 23.8 Å². The Balaban J connectivity index is 1.69. The van der Waals surface area contributed by atoms with Gasteiger partial charge in [0.05, 0.1) is 24.4 Å². The standard InChI is InChI=1S/C15H19N5OS/c1-10(2)11(3)20-13(4-5-16-20)18-14(21)8-12-9-19-6-7-22-15(19)17-12/h4-7,9-11H,8H2,1-3H3,(H,18,21)/t11-/m1/s1. The highest BCUT2D eigenvalue weighted by Crippen LogP contribution is 2.21. The molecule has 1 N–H and O–H groups in total. The molecule has 0 radical (unpaired) electrons. The van der Waals surface area contributed by atoms with Gasteiger partial charge in [-0.1, -0.05) is 13.8 Å². The Labute approximate surface area is 132 Å². The van der Waals surface area contributed by atoms with Crippen molar-refractivity contribution in [1.82, 2.24) is 19.2 Å². The van der Waals surface area contributed by atoms with E-state index in [4.69, 9.17) is 0 Å². The minimum atomic E-state index is -0.0801. The van der Waals surface area contributed by atoms with Crippen molar-refractivity contribution in [2.75, 3.05) is 5.32 Å². The molecule has 0 bridgehead atoms. The number of carbonyl (C=O) groups excluding carboxylic acids is 1. The van der Waals surface area contributed by atoms with Crippen molar-refractivity contribution in [2.24, 2.45) is 5.92 Å². The molecule has 0 aromatic carbocycles. The zero-order valence-electron chi connectivity index (χ0n) is 12.9. The van der Waals surface area contributed by atoms with Gasteiger partial charge in [-0.15, -0.1) is 11.3 Å². The summed E-state index contributed by atoms with van der Waals surface area (Å²) in [7, 11) is 0. The lowest BCUT2D eigenvalue weighted by atomic mass is 10.1. The molecule has 0 unspecified atom stereocenters. The first-order chi connectivity index (χ1) is 10.5. The van der Waals surface area contributed by atoms with Crippen LogP contribution in [0.5, 0.6) is 0 Å². The molecule has 7 heteroatoms. The van der Waals surface area contributed by atoms with Gasteiger partial charge < -0.3 is 5.32 Å². The summed E-state index contributed by atoms with van der Waals surface area (Å²) in [6.45, 7) is 6.36. The third-order valence-electron chi connectivity index (χ3n) is 3.77. The van der Waals surface area contributed by atoms with E-state index < -0.39 is 0 Å². The average Bonchev–Trinajstić information content (AvgIpc) is 3.13. The smallest absolute Gasteiger partial charge is 0.231 e. The minimum Gasteiger partial charge on any atom is -0.311 e. The Kier molecular flexibility index (Phi) is 3.98. The van der Waals surface area contributed by atoms with Crippen molar-refractivity contribution in [3.05, 3.63) is 35.7 Å². The van der Waals surface area contributed by atoms with Gasteiger partial charge in [0.1, 0.15) is 5.82 Å². The van der Waals surface area contributed by atoms with Gasteiger partial charge in [0.15, 0.2) is 4.96 Å². The predicted molar refractivity (Wildman–Crippen MR) is 87.2 cm³/mol. The number of anilines is 1. The molecule has 0 aliphatic heterocycles. The molecule has 3 aromatic rings. The molecule has 0 fully saturated rings. The fraction of sp³-hybridized carbons (Fsp3) is 0.400. The highest BCUT2D eigenvalue weighted by molar-refractivity contribution is 7.15. The maximum Gasteiger partial charge on any atom is 0.231 e. The summed E-state index contributed by atoms with van der Waals surface area (Å²) in [5.41, 5.74) is 0.771. The fourth-order valence-corrected chi connectivity index (χ4v) is 2.95. The number of carbonyl (C=O) groups is 1. The SMILES string of the molecule is CC(C)[C@@H](C)n1nccc1NC(=O)Cc1cn2ccsc2n1. The van der Waals surface area contributed by atoms with Gasteiger partial charge in [-0.3, -0.25) is 9.20 Å². The predicted octanol–water partition coefficient (Wildman–Crippen LogP) is 2.99. The van der Waals surface area contributed by atoms with Crippen LogP contribution in [0, 0.1) is 5.92 Å². The number of rotatable bonds is 5. The molecule has 22 heavy (non-hydrogen) atoms. The molecule has 3 rings (SSSR count). The van der Waals surface area contributed by atoms with E-state index in [1.54, 1.807) is 17.5 Å². The van der Waals surface area contributed by atoms with E-state index in [0.29, 0.717) is 5.92 Å². The Morgan fingerprint density at radius 3 is 2.95 bits per heavy atom. The monoisotopic (exact) mass is 317 g/mol. The Morgan fingerprint density at radius 1 is 1.41 bits per heavy atom. The van der Waals surface area contributed by atoms with Gasteiger partial charge in [-0.2, -0.15) is 5.10 Å². The summed E-state index contributed by atoms with van der Waals surface area (Å²) in [6.07, 6.45) is 5.80. The van der Waals surface area contributed by atoms with Gasteiger partial charge in [0.25, 0.3) is 0 Å².